The average Bonchev–Trinajstić information content (AvgIpc) is 0.992. The van der Waals surface area contributed by atoms with Gasteiger partial charge in [0.2, 0.25) is 41.4 Å². The lowest BCUT2D eigenvalue weighted by molar-refractivity contribution is -0.272. The minimum atomic E-state index is -1.51. The summed E-state index contributed by atoms with van der Waals surface area (Å²) in [6, 6.07) is -6.03. The van der Waals surface area contributed by atoms with Crippen molar-refractivity contribution in [1.82, 2.24) is 37.2 Å². The number of carbonyl (C=O) groups excluding carboxylic acids is 7. The van der Waals surface area contributed by atoms with Gasteiger partial charge < -0.3 is 145 Å². The number of hydrogen-bond donors (Lipinski definition) is 17. The lowest BCUT2D eigenvalue weighted by Gasteiger charge is -2.42. The van der Waals surface area contributed by atoms with Gasteiger partial charge in [-0.15, -0.1) is 0 Å². The summed E-state index contributed by atoms with van der Waals surface area (Å²) in [6.45, 7) is 0.568. The van der Waals surface area contributed by atoms with Crippen molar-refractivity contribution in [1.29, 1.82) is 0 Å². The predicted molar refractivity (Wildman–Crippen MR) is 304 cm³/mol. The molecule has 0 aliphatic carbocycles. The number of rotatable bonds is 47. The van der Waals surface area contributed by atoms with Crippen molar-refractivity contribution in [2.45, 2.75) is 163 Å². The third-order valence-corrected chi connectivity index (χ3v) is 13.8. The van der Waals surface area contributed by atoms with Crippen LogP contribution in [0.25, 0.3) is 0 Å². The zero-order valence-electron chi connectivity index (χ0n) is 51.3. The van der Waals surface area contributed by atoms with E-state index in [1.54, 1.807) is 0 Å². The zero-order chi connectivity index (χ0) is 67.3. The molecule has 0 aromatic heterocycles. The van der Waals surface area contributed by atoms with Gasteiger partial charge in [0.1, 0.15) is 105 Å². The maximum absolute atomic E-state index is 13.6. The Hall–Kier alpha value is -5.08. The van der Waals surface area contributed by atoms with Crippen LogP contribution in [0.5, 0.6) is 0 Å². The molecule has 7 amide bonds. The van der Waals surface area contributed by atoms with Gasteiger partial charge >= 0.3 is 5.97 Å². The number of aliphatic hydroxyl groups is 9. The Balaban J connectivity index is 1.39. The maximum atomic E-state index is 13.6. The molecular weight excluding hydrogens is 1230 g/mol. The van der Waals surface area contributed by atoms with E-state index in [1.165, 1.54) is 20.8 Å². The third-order valence-electron chi connectivity index (χ3n) is 13.8. The minimum absolute atomic E-state index is 0.00493. The molecule has 37 heteroatoms. The largest absolute Gasteiger partial charge is 0.480 e. The van der Waals surface area contributed by atoms with Gasteiger partial charge in [0, 0.05) is 33.9 Å². The Bertz CT molecular complexity index is 2150. The summed E-state index contributed by atoms with van der Waals surface area (Å²) in [4.78, 5) is 98.8. The van der Waals surface area contributed by atoms with Gasteiger partial charge in [0.05, 0.1) is 99.1 Å². The molecule has 17 atom stereocenters. The summed E-state index contributed by atoms with van der Waals surface area (Å²) in [7, 11) is 0. The van der Waals surface area contributed by atoms with Crippen LogP contribution in [0, 0.1) is 0 Å². The number of hydrogen-bond acceptors (Lipinski definition) is 29. The molecule has 3 saturated heterocycles. The van der Waals surface area contributed by atoms with E-state index < -0.39 is 178 Å². The van der Waals surface area contributed by atoms with Crippen LogP contribution >= 0.6 is 0 Å². The summed E-state index contributed by atoms with van der Waals surface area (Å²) in [6.07, 6.45) is -14.9. The Morgan fingerprint density at radius 1 is 0.396 bits per heavy atom. The highest BCUT2D eigenvalue weighted by atomic mass is 16.7. The number of ether oxygens (including phenoxy) is 12. The Labute approximate surface area is 525 Å². The fourth-order valence-corrected chi connectivity index (χ4v) is 9.20. The summed E-state index contributed by atoms with van der Waals surface area (Å²) < 4.78 is 65.6. The second-order valence-electron chi connectivity index (χ2n) is 21.1. The van der Waals surface area contributed by atoms with Crippen LogP contribution in [-0.4, -0.2) is 334 Å². The van der Waals surface area contributed by atoms with Gasteiger partial charge in [-0.2, -0.15) is 0 Å². The topological polar surface area (TPSA) is 534 Å². The smallest absolute Gasteiger partial charge is 0.326 e. The predicted octanol–water partition coefficient (Wildman–Crippen LogP) is -9.41. The fraction of sp³-hybridized carbons (Fsp3) is 0.852. The molecule has 3 fully saturated rings. The third kappa shape index (κ3) is 30.7. The molecule has 0 saturated carbocycles. The molecule has 0 spiro atoms. The molecule has 526 valence electrons. The van der Waals surface area contributed by atoms with Crippen LogP contribution in [-0.2, 0) is 95.2 Å². The number of aliphatic carboxylic acids is 1. The second-order valence-corrected chi connectivity index (χ2v) is 21.1. The van der Waals surface area contributed by atoms with Gasteiger partial charge in [-0.25, -0.2) is 4.79 Å². The van der Waals surface area contributed by atoms with Crippen molar-refractivity contribution < 1.29 is 146 Å². The van der Waals surface area contributed by atoms with E-state index in [0.29, 0.717) is 12.8 Å². The first-order valence-electron chi connectivity index (χ1n) is 29.9. The molecule has 17 N–H and O–H groups in total. The van der Waals surface area contributed by atoms with Crippen molar-refractivity contribution in [2.75, 3.05) is 132 Å². The second kappa shape index (κ2) is 45.3. The highest BCUT2D eigenvalue weighted by molar-refractivity contribution is 5.90. The quantitative estimate of drug-likeness (QED) is 0.0252. The van der Waals surface area contributed by atoms with E-state index in [4.69, 9.17) is 56.8 Å². The van der Waals surface area contributed by atoms with Crippen molar-refractivity contribution in [3.8, 4) is 0 Å². The van der Waals surface area contributed by atoms with Gasteiger partial charge in [0.15, 0.2) is 18.9 Å². The number of carboxylic acid groups (broad SMARTS) is 1. The molecule has 37 nitrogen and oxygen atoms in total. The van der Waals surface area contributed by atoms with Crippen LogP contribution in [0.1, 0.15) is 59.3 Å². The lowest BCUT2D eigenvalue weighted by Crippen LogP contribution is -2.64. The first kappa shape index (κ1) is 80.2. The molecule has 3 heterocycles. The van der Waals surface area contributed by atoms with Crippen LogP contribution in [0.15, 0.2) is 0 Å². The van der Waals surface area contributed by atoms with E-state index in [9.17, 15) is 89.4 Å². The molecule has 0 aromatic carbocycles. The number of unbranched alkanes of at least 4 members (excludes halogenated alkanes) is 2. The SMILES string of the molecule is CC(=O)N[C@H]1[C@H](OCCOCCOCC(=O)NCCCC[C@H](NC(=O)[C@H](CCCCNC(=O)COCCOCCO[C@@H]2O[C@H](CO)[C@H](O)[C@H](O)[C@H]2NC(C)=O)NC(=O)COCCOCCO[C@@H]2O[C@H](CO)[C@H](O)[C@H](O)[C@H]2NC(C)=O)C(=O)O)O[C@H](CO)[C@H](O)[C@@H]1O. The van der Waals surface area contributed by atoms with Gasteiger partial charge in [-0.1, -0.05) is 0 Å². The number of carboxylic acids is 1. The van der Waals surface area contributed by atoms with Crippen LogP contribution in [0.3, 0.4) is 0 Å². The number of amides is 7. The van der Waals surface area contributed by atoms with E-state index in [0.717, 1.165) is 0 Å². The maximum Gasteiger partial charge on any atom is 0.326 e. The molecule has 0 radical (unpaired) electrons. The highest BCUT2D eigenvalue weighted by Gasteiger charge is 2.48. The van der Waals surface area contributed by atoms with Crippen molar-refractivity contribution in [3.63, 3.8) is 0 Å². The van der Waals surface area contributed by atoms with Crippen LogP contribution < -0.4 is 37.2 Å². The van der Waals surface area contributed by atoms with E-state index in [1.807, 2.05) is 0 Å². The van der Waals surface area contributed by atoms with E-state index >= 15 is 0 Å². The highest BCUT2D eigenvalue weighted by Crippen LogP contribution is 2.25. The molecule has 3 rings (SSSR count). The van der Waals surface area contributed by atoms with Gasteiger partial charge in [-0.3, -0.25) is 33.6 Å². The lowest BCUT2D eigenvalue weighted by atomic mass is 9.97. The molecule has 0 unspecified atom stereocenters. The molecule has 0 bridgehead atoms. The normalized spacial score (nSPS) is 27.2. The van der Waals surface area contributed by atoms with Crippen molar-refractivity contribution >= 4 is 47.3 Å². The molecular formula is C54H95N7O30. The van der Waals surface area contributed by atoms with Crippen LogP contribution in [0.2, 0.25) is 0 Å². The first-order valence-corrected chi connectivity index (χ1v) is 29.9. The standard InChI is InChI=1S/C54H95N7O30/c1-30(65)57-41-47(74)44(71)35(24-62)89-52(41)86-21-18-80-12-15-83-27-38(68)55-10-6-4-8-33(60-40(70)29-85-17-14-82-20-23-88-54-43(59-32(3)67)49(76)46(73)37(26-64)91-54)50(77)61-34(51(78)79)9-5-7-11-56-39(69)28-84-16-13-81-19-22-87-53-42(58-31(2)66)48(75)45(72)36(25-63)90-53/h33-37,41-49,52-54,62-64,71-76H,4-29H2,1-3H3,(H,55,68)(H,56,69)(H,57,65)(H,58,66)(H,59,67)(H,60,70)(H,61,77)(H,78,79)/t33-,34-,35+,36+,37+,41+,42+,43+,44-,45-,46-,47+,48+,49+,52+,53+,54+/m0/s1. The molecule has 91 heavy (non-hydrogen) atoms. The molecule has 3 aliphatic rings. The van der Waals surface area contributed by atoms with Crippen molar-refractivity contribution in [2.24, 2.45) is 0 Å². The average molecular weight is 1320 g/mol. The number of aliphatic hydroxyl groups excluding tert-OH is 9. The monoisotopic (exact) mass is 1320 g/mol. The molecule has 3 aliphatic heterocycles. The first-order chi connectivity index (χ1) is 43.5. The fourth-order valence-electron chi connectivity index (χ4n) is 9.20. The summed E-state index contributed by atoms with van der Waals surface area (Å²) >= 11 is 0. The Kier molecular flexibility index (Phi) is 39.9. The van der Waals surface area contributed by atoms with E-state index in [2.05, 4.69) is 37.2 Å². The summed E-state index contributed by atoms with van der Waals surface area (Å²) in [5, 5.41) is 118. The van der Waals surface area contributed by atoms with Gasteiger partial charge in [0.25, 0.3) is 0 Å². The summed E-state index contributed by atoms with van der Waals surface area (Å²) in [5.41, 5.74) is 0. The zero-order valence-corrected chi connectivity index (χ0v) is 51.3. The number of nitrogens with one attached hydrogen (secondary N) is 7. The minimum Gasteiger partial charge on any atom is -0.480 e. The Morgan fingerprint density at radius 3 is 1.02 bits per heavy atom. The van der Waals surface area contributed by atoms with Crippen LogP contribution in [0.4, 0.5) is 0 Å². The molecule has 0 aromatic rings. The van der Waals surface area contributed by atoms with E-state index in [-0.39, 0.29) is 131 Å². The summed E-state index contributed by atoms with van der Waals surface area (Å²) in [5.74, 6) is -5.40. The number of carbonyl (C=O) groups is 8. The Morgan fingerprint density at radius 2 is 0.703 bits per heavy atom. The van der Waals surface area contributed by atoms with Gasteiger partial charge in [-0.05, 0) is 38.5 Å². The van der Waals surface area contributed by atoms with Crippen molar-refractivity contribution in [3.05, 3.63) is 0 Å².